The van der Waals surface area contributed by atoms with Crippen molar-refractivity contribution in [3.63, 3.8) is 0 Å². The molecule has 0 aromatic rings. The van der Waals surface area contributed by atoms with E-state index < -0.39 is 38.6 Å². The third kappa shape index (κ3) is 5.03. The van der Waals surface area contributed by atoms with Gasteiger partial charge in [0, 0.05) is 6.04 Å². The van der Waals surface area contributed by atoms with Gasteiger partial charge >= 0.3 is 5.97 Å². The lowest BCUT2D eigenvalue weighted by atomic mass is 10.1. The van der Waals surface area contributed by atoms with Crippen LogP contribution in [-0.2, 0) is 19.4 Å². The number of hydrogen-bond donors (Lipinski definition) is 2. The molecule has 0 saturated carbocycles. The summed E-state index contributed by atoms with van der Waals surface area (Å²) in [5.74, 6) is -3.44. The van der Waals surface area contributed by atoms with Crippen LogP contribution in [-0.4, -0.2) is 42.4 Å². The molecular weight excluding hydrogens is 258 g/mol. The Morgan fingerprint density at radius 3 is 2.06 bits per heavy atom. The van der Waals surface area contributed by atoms with Crippen LogP contribution >= 0.6 is 0 Å². The van der Waals surface area contributed by atoms with Crippen LogP contribution in [0.1, 0.15) is 34.1 Å². The second-order valence-corrected chi connectivity index (χ2v) is 6.81. The highest BCUT2D eigenvalue weighted by molar-refractivity contribution is 7.93. The number of aliphatic carboxylic acids is 1. The van der Waals surface area contributed by atoms with Gasteiger partial charge in [-0.25, -0.2) is 8.42 Å². The van der Waals surface area contributed by atoms with Crippen molar-refractivity contribution >= 4 is 21.7 Å². The minimum atomic E-state index is -3.99. The Morgan fingerprint density at radius 2 is 1.72 bits per heavy atom. The predicted molar refractivity (Wildman–Crippen MR) is 67.9 cm³/mol. The maximum Gasteiger partial charge on any atom is 0.322 e. The Bertz CT molecular complexity index is 402. The highest BCUT2D eigenvalue weighted by Gasteiger charge is 2.36. The van der Waals surface area contributed by atoms with Gasteiger partial charge in [0.2, 0.25) is 5.91 Å². The first-order chi connectivity index (χ1) is 8.11. The van der Waals surface area contributed by atoms with Crippen LogP contribution < -0.4 is 5.32 Å². The predicted octanol–water partition coefficient (Wildman–Crippen LogP) is 0.425. The average Bonchev–Trinajstić information content (AvgIpc) is 2.13. The number of carbonyl (C=O) groups excluding carboxylic acids is 1. The van der Waals surface area contributed by atoms with Gasteiger partial charge < -0.3 is 10.4 Å². The summed E-state index contributed by atoms with van der Waals surface area (Å²) in [4.78, 5) is 22.4. The molecule has 18 heavy (non-hydrogen) atoms. The van der Waals surface area contributed by atoms with Crippen molar-refractivity contribution in [2.75, 3.05) is 5.75 Å². The number of sulfone groups is 1. The summed E-state index contributed by atoms with van der Waals surface area (Å²) in [6.45, 7) is 6.61. The SMILES string of the molecule is CCC(C)NC(=O)CS(=O)(=O)C(C(=O)O)C(C)C. The number of rotatable bonds is 7. The van der Waals surface area contributed by atoms with E-state index in [4.69, 9.17) is 5.11 Å². The fraction of sp³-hybridized carbons (Fsp3) is 0.818. The highest BCUT2D eigenvalue weighted by atomic mass is 32.2. The summed E-state index contributed by atoms with van der Waals surface area (Å²) in [6, 6.07) is -0.130. The van der Waals surface area contributed by atoms with Crippen LogP contribution in [0, 0.1) is 5.92 Å². The first-order valence-electron chi connectivity index (χ1n) is 5.85. The molecule has 2 N–H and O–H groups in total. The number of amides is 1. The van der Waals surface area contributed by atoms with Crippen LogP contribution in [0.2, 0.25) is 0 Å². The summed E-state index contributed by atoms with van der Waals surface area (Å²) in [5.41, 5.74) is 0. The molecule has 7 heteroatoms. The van der Waals surface area contributed by atoms with Crippen molar-refractivity contribution in [3.8, 4) is 0 Å². The monoisotopic (exact) mass is 279 g/mol. The van der Waals surface area contributed by atoms with E-state index in [0.717, 1.165) is 0 Å². The molecule has 6 nitrogen and oxygen atoms in total. The van der Waals surface area contributed by atoms with Crippen LogP contribution in [0.25, 0.3) is 0 Å². The summed E-state index contributed by atoms with van der Waals surface area (Å²) in [5, 5.41) is 9.88. The van der Waals surface area contributed by atoms with Crippen LogP contribution in [0.15, 0.2) is 0 Å². The number of carboxylic acids is 1. The third-order valence-corrected chi connectivity index (χ3v) is 4.77. The maximum atomic E-state index is 11.9. The molecule has 0 aromatic heterocycles. The minimum absolute atomic E-state index is 0.130. The van der Waals surface area contributed by atoms with Crippen molar-refractivity contribution in [1.82, 2.24) is 5.32 Å². The van der Waals surface area contributed by atoms with Gasteiger partial charge in [0.05, 0.1) is 0 Å². The molecule has 106 valence electrons. The van der Waals surface area contributed by atoms with E-state index in [2.05, 4.69) is 5.32 Å². The largest absolute Gasteiger partial charge is 0.480 e. The molecule has 0 radical (unpaired) electrons. The molecule has 0 fully saturated rings. The van der Waals surface area contributed by atoms with E-state index in [1.165, 1.54) is 13.8 Å². The molecule has 0 heterocycles. The highest BCUT2D eigenvalue weighted by Crippen LogP contribution is 2.13. The summed E-state index contributed by atoms with van der Waals surface area (Å²) < 4.78 is 23.7. The van der Waals surface area contributed by atoms with E-state index in [0.29, 0.717) is 6.42 Å². The lowest BCUT2D eigenvalue weighted by Gasteiger charge is -2.17. The first kappa shape index (κ1) is 16.9. The molecule has 2 atom stereocenters. The van der Waals surface area contributed by atoms with Gasteiger partial charge in [-0.3, -0.25) is 9.59 Å². The van der Waals surface area contributed by atoms with Gasteiger partial charge in [-0.1, -0.05) is 20.8 Å². The fourth-order valence-corrected chi connectivity index (χ4v) is 3.31. The van der Waals surface area contributed by atoms with E-state index in [9.17, 15) is 18.0 Å². The van der Waals surface area contributed by atoms with Crippen LogP contribution in [0.3, 0.4) is 0 Å². The van der Waals surface area contributed by atoms with Gasteiger partial charge in [-0.15, -0.1) is 0 Å². The smallest absolute Gasteiger partial charge is 0.322 e. The number of nitrogens with one attached hydrogen (secondary N) is 1. The Morgan fingerprint density at radius 1 is 1.22 bits per heavy atom. The zero-order valence-electron chi connectivity index (χ0n) is 11.1. The molecule has 0 bridgehead atoms. The summed E-state index contributed by atoms with van der Waals surface area (Å²) in [6.07, 6.45) is 0.679. The van der Waals surface area contributed by atoms with E-state index >= 15 is 0 Å². The second kappa shape index (κ2) is 6.72. The first-order valence-corrected chi connectivity index (χ1v) is 7.57. The third-order valence-electron chi connectivity index (χ3n) is 2.59. The molecule has 0 rings (SSSR count). The van der Waals surface area contributed by atoms with Gasteiger partial charge in [-0.05, 0) is 19.3 Å². The fourth-order valence-electron chi connectivity index (χ4n) is 1.54. The zero-order chi connectivity index (χ0) is 14.5. The van der Waals surface area contributed by atoms with Crippen molar-refractivity contribution < 1.29 is 23.1 Å². The molecular formula is C11H21NO5S. The summed E-state index contributed by atoms with van der Waals surface area (Å²) in [7, 11) is -3.99. The molecule has 0 aromatic carbocycles. The Hall–Kier alpha value is -1.11. The average molecular weight is 279 g/mol. The van der Waals surface area contributed by atoms with Crippen molar-refractivity contribution in [2.24, 2.45) is 5.92 Å². The normalized spacial score (nSPS) is 15.2. The molecule has 0 saturated heterocycles. The van der Waals surface area contributed by atoms with Gasteiger partial charge in [-0.2, -0.15) is 0 Å². The minimum Gasteiger partial charge on any atom is -0.480 e. The lowest BCUT2D eigenvalue weighted by Crippen LogP contribution is -2.43. The van der Waals surface area contributed by atoms with Crippen molar-refractivity contribution in [1.29, 1.82) is 0 Å². The Kier molecular flexibility index (Phi) is 6.31. The quantitative estimate of drug-likeness (QED) is 0.703. The van der Waals surface area contributed by atoms with Gasteiger partial charge in [0.15, 0.2) is 15.1 Å². The molecule has 0 aliphatic rings. The number of hydrogen-bond acceptors (Lipinski definition) is 4. The van der Waals surface area contributed by atoms with E-state index in [-0.39, 0.29) is 6.04 Å². The van der Waals surface area contributed by atoms with E-state index in [1.807, 2.05) is 6.92 Å². The molecule has 1 amide bonds. The number of carbonyl (C=O) groups is 2. The van der Waals surface area contributed by atoms with Crippen molar-refractivity contribution in [3.05, 3.63) is 0 Å². The zero-order valence-corrected chi connectivity index (χ0v) is 12.0. The van der Waals surface area contributed by atoms with Gasteiger partial charge in [0.1, 0.15) is 5.75 Å². The molecule has 0 aliphatic heterocycles. The Labute approximate surface area is 108 Å². The summed E-state index contributed by atoms with van der Waals surface area (Å²) >= 11 is 0. The maximum absolute atomic E-state index is 11.9. The topological polar surface area (TPSA) is 101 Å². The number of carboxylic acid groups (broad SMARTS) is 1. The van der Waals surface area contributed by atoms with E-state index in [1.54, 1.807) is 6.92 Å². The molecule has 0 spiro atoms. The van der Waals surface area contributed by atoms with Crippen LogP contribution in [0.4, 0.5) is 0 Å². The lowest BCUT2D eigenvalue weighted by molar-refractivity contribution is -0.137. The second-order valence-electron chi connectivity index (χ2n) is 4.69. The van der Waals surface area contributed by atoms with Gasteiger partial charge in [0.25, 0.3) is 0 Å². The Balaban J connectivity index is 4.84. The molecule has 2 unspecified atom stereocenters. The molecule has 0 aliphatic carbocycles. The van der Waals surface area contributed by atoms with Crippen LogP contribution in [0.5, 0.6) is 0 Å². The van der Waals surface area contributed by atoms with Crippen molar-refractivity contribution in [2.45, 2.75) is 45.4 Å². The standard InChI is InChI=1S/C11H21NO5S/c1-5-8(4)12-9(13)6-18(16,17)10(7(2)3)11(14)15/h7-8,10H,5-6H2,1-4H3,(H,12,13)(H,14,15).